The summed E-state index contributed by atoms with van der Waals surface area (Å²) in [6.07, 6.45) is 0. The zero-order valence-electron chi connectivity index (χ0n) is 15.0. The number of piperazine rings is 1. The molecule has 1 aromatic heterocycles. The number of carbonyl (C=O) groups is 1. The molecular formula is C20H18Cl2N4O2. The third kappa shape index (κ3) is 3.63. The van der Waals surface area contributed by atoms with E-state index in [9.17, 15) is 9.59 Å². The summed E-state index contributed by atoms with van der Waals surface area (Å²) in [6.45, 7) is 3.06. The normalized spacial score (nSPS) is 15.1. The second kappa shape index (κ2) is 7.91. The largest absolute Gasteiger partial charge is 0.335 e. The molecule has 2 aromatic carbocycles. The number of hydrogen-bond acceptors (Lipinski definition) is 4. The van der Waals surface area contributed by atoms with Crippen LogP contribution in [0.2, 0.25) is 10.0 Å². The smallest absolute Gasteiger partial charge is 0.278 e. The average Bonchev–Trinajstić information content (AvgIpc) is 2.72. The number of rotatable bonds is 3. The highest BCUT2D eigenvalue weighted by atomic mass is 35.5. The van der Waals surface area contributed by atoms with Gasteiger partial charge in [0.25, 0.3) is 5.91 Å². The fourth-order valence-corrected chi connectivity index (χ4v) is 3.77. The van der Waals surface area contributed by atoms with Crippen molar-refractivity contribution in [2.75, 3.05) is 26.2 Å². The number of H-pyrrole nitrogens is 1. The van der Waals surface area contributed by atoms with Crippen molar-refractivity contribution < 1.29 is 4.79 Å². The molecule has 1 N–H and O–H groups in total. The van der Waals surface area contributed by atoms with Crippen LogP contribution in [0.25, 0.3) is 10.9 Å². The lowest BCUT2D eigenvalue weighted by Crippen LogP contribution is -2.49. The number of aromatic nitrogens is 2. The molecule has 0 spiro atoms. The van der Waals surface area contributed by atoms with E-state index in [-0.39, 0.29) is 17.0 Å². The number of aromatic amines is 1. The van der Waals surface area contributed by atoms with Gasteiger partial charge in [0, 0.05) is 38.1 Å². The number of amides is 1. The van der Waals surface area contributed by atoms with Gasteiger partial charge in [-0.1, -0.05) is 47.5 Å². The summed E-state index contributed by atoms with van der Waals surface area (Å²) in [4.78, 5) is 29.3. The summed E-state index contributed by atoms with van der Waals surface area (Å²) < 4.78 is 0. The molecule has 8 heteroatoms. The standard InChI is InChI=1S/C20H18Cl2N4O2/c21-15-6-3-4-13(17(15)22)12-25-8-10-26(11-9-25)20(28)18-19(27)14-5-1-2-7-16(14)23-24-18/h1-7H,8-12H2,(H,23,27). The Morgan fingerprint density at radius 2 is 1.79 bits per heavy atom. The third-order valence-electron chi connectivity index (χ3n) is 4.96. The van der Waals surface area contributed by atoms with E-state index in [2.05, 4.69) is 15.1 Å². The highest BCUT2D eigenvalue weighted by Crippen LogP contribution is 2.26. The molecule has 0 saturated carbocycles. The van der Waals surface area contributed by atoms with Gasteiger partial charge in [-0.05, 0) is 23.8 Å². The first kappa shape index (κ1) is 18.9. The molecule has 28 heavy (non-hydrogen) atoms. The summed E-state index contributed by atoms with van der Waals surface area (Å²) in [5.41, 5.74) is 1.17. The Balaban J connectivity index is 1.45. The second-order valence-corrected chi connectivity index (χ2v) is 7.51. The van der Waals surface area contributed by atoms with E-state index in [4.69, 9.17) is 23.2 Å². The molecule has 144 valence electrons. The lowest BCUT2D eigenvalue weighted by Gasteiger charge is -2.34. The van der Waals surface area contributed by atoms with Gasteiger partial charge in [-0.15, -0.1) is 0 Å². The van der Waals surface area contributed by atoms with Crippen molar-refractivity contribution in [3.63, 3.8) is 0 Å². The molecule has 4 rings (SSSR count). The Morgan fingerprint density at radius 3 is 2.57 bits per heavy atom. The average molecular weight is 417 g/mol. The van der Waals surface area contributed by atoms with E-state index < -0.39 is 0 Å². The summed E-state index contributed by atoms with van der Waals surface area (Å²) in [5.74, 6) is -0.340. The number of carbonyl (C=O) groups excluding carboxylic acids is 1. The number of halogens is 2. The van der Waals surface area contributed by atoms with Gasteiger partial charge in [0.05, 0.1) is 15.6 Å². The van der Waals surface area contributed by atoms with E-state index in [1.54, 1.807) is 29.2 Å². The first-order chi connectivity index (χ1) is 13.5. The second-order valence-electron chi connectivity index (χ2n) is 6.73. The minimum atomic E-state index is -0.340. The van der Waals surface area contributed by atoms with Crippen molar-refractivity contribution in [3.05, 3.63) is 74.0 Å². The van der Waals surface area contributed by atoms with Crippen LogP contribution in [0.5, 0.6) is 0 Å². The first-order valence-electron chi connectivity index (χ1n) is 8.96. The molecule has 1 aliphatic heterocycles. The molecule has 1 fully saturated rings. The lowest BCUT2D eigenvalue weighted by molar-refractivity contribution is 0.0620. The maximum atomic E-state index is 12.8. The molecular weight excluding hydrogens is 399 g/mol. The molecule has 0 bridgehead atoms. The van der Waals surface area contributed by atoms with Gasteiger partial charge in [0.1, 0.15) is 0 Å². The molecule has 0 atom stereocenters. The van der Waals surface area contributed by atoms with Gasteiger partial charge in [-0.2, -0.15) is 5.10 Å². The van der Waals surface area contributed by atoms with Crippen LogP contribution in [-0.4, -0.2) is 52.1 Å². The van der Waals surface area contributed by atoms with Crippen molar-refractivity contribution in [1.82, 2.24) is 20.0 Å². The summed E-state index contributed by atoms with van der Waals surface area (Å²) in [6, 6.07) is 12.6. The molecule has 0 radical (unpaired) electrons. The summed E-state index contributed by atoms with van der Waals surface area (Å²) >= 11 is 12.3. The van der Waals surface area contributed by atoms with Crippen molar-refractivity contribution in [3.8, 4) is 0 Å². The van der Waals surface area contributed by atoms with Crippen LogP contribution < -0.4 is 5.43 Å². The highest BCUT2D eigenvalue weighted by Gasteiger charge is 2.26. The topological polar surface area (TPSA) is 69.3 Å². The number of benzene rings is 2. The lowest BCUT2D eigenvalue weighted by atomic mass is 10.1. The summed E-state index contributed by atoms with van der Waals surface area (Å²) in [5, 5.41) is 8.38. The molecule has 0 unspecified atom stereocenters. The van der Waals surface area contributed by atoms with Crippen LogP contribution in [0.3, 0.4) is 0 Å². The van der Waals surface area contributed by atoms with E-state index in [0.29, 0.717) is 53.7 Å². The highest BCUT2D eigenvalue weighted by molar-refractivity contribution is 6.42. The minimum Gasteiger partial charge on any atom is -0.335 e. The number of fused-ring (bicyclic) bond motifs is 1. The van der Waals surface area contributed by atoms with Gasteiger partial charge in [0.2, 0.25) is 5.43 Å². The molecule has 0 aliphatic carbocycles. The Labute approximate surface area is 171 Å². The number of para-hydroxylation sites is 1. The number of hydrogen-bond donors (Lipinski definition) is 1. The van der Waals surface area contributed by atoms with E-state index in [1.165, 1.54) is 0 Å². The molecule has 3 aromatic rings. The quantitative estimate of drug-likeness (QED) is 0.711. The van der Waals surface area contributed by atoms with Gasteiger partial charge in [-0.3, -0.25) is 19.6 Å². The number of nitrogens with zero attached hydrogens (tertiary/aromatic N) is 3. The summed E-state index contributed by atoms with van der Waals surface area (Å²) in [7, 11) is 0. The fraction of sp³-hybridized carbons (Fsp3) is 0.250. The van der Waals surface area contributed by atoms with Crippen molar-refractivity contribution in [2.45, 2.75) is 6.54 Å². The molecule has 1 saturated heterocycles. The Hall–Kier alpha value is -2.41. The van der Waals surface area contributed by atoms with Gasteiger partial charge >= 0.3 is 0 Å². The van der Waals surface area contributed by atoms with Gasteiger partial charge in [0.15, 0.2) is 5.69 Å². The van der Waals surface area contributed by atoms with E-state index >= 15 is 0 Å². The van der Waals surface area contributed by atoms with Crippen molar-refractivity contribution in [2.24, 2.45) is 0 Å². The first-order valence-corrected chi connectivity index (χ1v) is 9.72. The third-order valence-corrected chi connectivity index (χ3v) is 5.82. The van der Waals surface area contributed by atoms with Crippen LogP contribution in [0.4, 0.5) is 0 Å². The Morgan fingerprint density at radius 1 is 1.04 bits per heavy atom. The van der Waals surface area contributed by atoms with Crippen LogP contribution in [-0.2, 0) is 6.54 Å². The predicted octanol–water partition coefficient (Wildman–Crippen LogP) is 3.19. The van der Waals surface area contributed by atoms with Crippen molar-refractivity contribution in [1.29, 1.82) is 0 Å². The molecule has 6 nitrogen and oxygen atoms in total. The molecule has 1 amide bonds. The maximum Gasteiger partial charge on any atom is 0.278 e. The van der Waals surface area contributed by atoms with Crippen LogP contribution in [0.15, 0.2) is 47.3 Å². The fourth-order valence-electron chi connectivity index (χ4n) is 3.39. The zero-order chi connectivity index (χ0) is 19.7. The molecule has 1 aliphatic rings. The number of nitrogens with one attached hydrogen (secondary N) is 1. The predicted molar refractivity (Wildman–Crippen MR) is 110 cm³/mol. The van der Waals surface area contributed by atoms with E-state index in [0.717, 1.165) is 5.56 Å². The zero-order valence-corrected chi connectivity index (χ0v) is 16.5. The SMILES string of the molecule is O=C(c1n[nH]c2ccccc2c1=O)N1CCN(Cc2cccc(Cl)c2Cl)CC1. The van der Waals surface area contributed by atoms with Crippen molar-refractivity contribution >= 4 is 40.0 Å². The Kier molecular flexibility index (Phi) is 5.35. The van der Waals surface area contributed by atoms with Crippen LogP contribution in [0, 0.1) is 0 Å². The monoisotopic (exact) mass is 416 g/mol. The maximum absolute atomic E-state index is 12.8. The minimum absolute atomic E-state index is 0.0648. The van der Waals surface area contributed by atoms with E-state index in [1.807, 2.05) is 18.2 Å². The van der Waals surface area contributed by atoms with Crippen LogP contribution in [0.1, 0.15) is 16.1 Å². The van der Waals surface area contributed by atoms with Gasteiger partial charge in [-0.25, -0.2) is 0 Å². The van der Waals surface area contributed by atoms with Crippen LogP contribution >= 0.6 is 23.2 Å². The molecule has 2 heterocycles. The Bertz CT molecular complexity index is 1090. The van der Waals surface area contributed by atoms with Gasteiger partial charge < -0.3 is 4.90 Å².